The number of nitrogen functional groups attached to an aromatic ring is 1. The van der Waals surface area contributed by atoms with E-state index in [0.717, 1.165) is 12.2 Å². The molecule has 0 fully saturated rings. The molecular weight excluding hydrogens is 164 g/mol. The van der Waals surface area contributed by atoms with Crippen LogP contribution in [-0.4, -0.2) is 15.2 Å². The van der Waals surface area contributed by atoms with Gasteiger partial charge < -0.3 is 5.73 Å². The van der Waals surface area contributed by atoms with Crippen LogP contribution in [0.5, 0.6) is 0 Å². The van der Waals surface area contributed by atoms with E-state index >= 15 is 0 Å². The highest BCUT2D eigenvalue weighted by atomic mass is 15.3. The summed E-state index contributed by atoms with van der Waals surface area (Å²) in [7, 11) is 0. The first-order valence-electron chi connectivity index (χ1n) is 4.56. The summed E-state index contributed by atoms with van der Waals surface area (Å²) >= 11 is 0. The Morgan fingerprint density at radius 1 is 1.46 bits per heavy atom. The van der Waals surface area contributed by atoms with Crippen LogP contribution in [0.3, 0.4) is 0 Å². The van der Waals surface area contributed by atoms with Crippen LogP contribution in [0.2, 0.25) is 0 Å². The lowest BCUT2D eigenvalue weighted by atomic mass is 9.80. The van der Waals surface area contributed by atoms with Gasteiger partial charge in [-0.3, -0.25) is 5.10 Å². The summed E-state index contributed by atoms with van der Waals surface area (Å²) in [5.41, 5.74) is 5.70. The van der Waals surface area contributed by atoms with Crippen LogP contribution in [0.25, 0.3) is 0 Å². The number of anilines is 1. The third kappa shape index (κ3) is 2.72. The minimum atomic E-state index is 0.293. The molecule has 0 aliphatic carbocycles. The summed E-state index contributed by atoms with van der Waals surface area (Å²) in [4.78, 5) is 4.08. The lowest BCUT2D eigenvalue weighted by Gasteiger charge is -2.26. The third-order valence-electron chi connectivity index (χ3n) is 2.53. The Balaban J connectivity index is 2.60. The molecule has 1 atom stereocenters. The molecule has 0 bridgehead atoms. The average molecular weight is 182 g/mol. The molecule has 0 saturated carbocycles. The van der Waals surface area contributed by atoms with Gasteiger partial charge >= 0.3 is 0 Å². The molecule has 1 aromatic heterocycles. The fourth-order valence-corrected chi connectivity index (χ4v) is 0.998. The summed E-state index contributed by atoms with van der Waals surface area (Å²) in [6, 6.07) is 0. The normalized spacial score (nSPS) is 14.5. The van der Waals surface area contributed by atoms with E-state index in [1.165, 1.54) is 0 Å². The molecule has 0 spiro atoms. The highest BCUT2D eigenvalue weighted by molar-refractivity contribution is 5.12. The molecule has 13 heavy (non-hydrogen) atoms. The zero-order chi connectivity index (χ0) is 10.1. The molecule has 1 rings (SSSR count). The van der Waals surface area contributed by atoms with Crippen molar-refractivity contribution in [1.82, 2.24) is 15.2 Å². The van der Waals surface area contributed by atoms with E-state index in [1.807, 2.05) is 0 Å². The molecular formula is C9H18N4. The molecule has 0 saturated heterocycles. The van der Waals surface area contributed by atoms with Crippen molar-refractivity contribution in [2.75, 3.05) is 5.73 Å². The van der Waals surface area contributed by atoms with Gasteiger partial charge in [-0.25, -0.2) is 0 Å². The molecule has 0 radical (unpaired) electrons. The maximum absolute atomic E-state index is 5.41. The SMILES string of the molecule is CC(Cc1nc(N)n[nH]1)C(C)(C)C. The number of H-pyrrole nitrogens is 1. The average Bonchev–Trinajstić information content (AvgIpc) is 2.33. The van der Waals surface area contributed by atoms with Crippen LogP contribution in [0.15, 0.2) is 0 Å². The summed E-state index contributed by atoms with van der Waals surface area (Å²) in [5, 5.41) is 6.62. The van der Waals surface area contributed by atoms with E-state index in [9.17, 15) is 0 Å². The second-order valence-electron chi connectivity index (χ2n) is 4.61. The Morgan fingerprint density at radius 2 is 2.08 bits per heavy atom. The smallest absolute Gasteiger partial charge is 0.239 e. The van der Waals surface area contributed by atoms with Gasteiger partial charge in [0, 0.05) is 6.42 Å². The molecule has 4 nitrogen and oxygen atoms in total. The number of hydrogen-bond acceptors (Lipinski definition) is 3. The number of nitrogens with two attached hydrogens (primary N) is 1. The van der Waals surface area contributed by atoms with E-state index in [1.54, 1.807) is 0 Å². The molecule has 1 unspecified atom stereocenters. The van der Waals surface area contributed by atoms with E-state index < -0.39 is 0 Å². The zero-order valence-corrected chi connectivity index (χ0v) is 8.76. The van der Waals surface area contributed by atoms with Gasteiger partial charge in [0.25, 0.3) is 0 Å². The van der Waals surface area contributed by atoms with Gasteiger partial charge in [0.2, 0.25) is 5.95 Å². The topological polar surface area (TPSA) is 67.6 Å². The Morgan fingerprint density at radius 3 is 2.46 bits per heavy atom. The fraction of sp³-hybridized carbons (Fsp3) is 0.778. The molecule has 4 heteroatoms. The standard InChI is InChI=1S/C9H18N4/c1-6(9(2,3)4)5-7-11-8(10)13-12-7/h6H,5H2,1-4H3,(H3,10,11,12,13). The molecule has 1 aromatic rings. The van der Waals surface area contributed by atoms with Gasteiger partial charge in [0.05, 0.1) is 0 Å². The van der Waals surface area contributed by atoms with E-state index in [0.29, 0.717) is 17.3 Å². The van der Waals surface area contributed by atoms with Crippen LogP contribution >= 0.6 is 0 Å². The van der Waals surface area contributed by atoms with Crippen LogP contribution in [0, 0.1) is 11.3 Å². The van der Waals surface area contributed by atoms with Crippen molar-refractivity contribution >= 4 is 5.95 Å². The van der Waals surface area contributed by atoms with Crippen molar-refractivity contribution in [3.05, 3.63) is 5.82 Å². The van der Waals surface area contributed by atoms with Crippen molar-refractivity contribution in [2.45, 2.75) is 34.1 Å². The van der Waals surface area contributed by atoms with Crippen LogP contribution in [0.1, 0.15) is 33.5 Å². The molecule has 3 N–H and O–H groups in total. The number of hydrogen-bond donors (Lipinski definition) is 2. The molecule has 74 valence electrons. The summed E-state index contributed by atoms with van der Waals surface area (Å²) in [6.07, 6.45) is 0.897. The Kier molecular flexibility index (Phi) is 2.59. The lowest BCUT2D eigenvalue weighted by Crippen LogP contribution is -2.19. The number of nitrogens with zero attached hydrogens (tertiary/aromatic N) is 2. The summed E-state index contributed by atoms with van der Waals surface area (Å²) in [6.45, 7) is 8.87. The largest absolute Gasteiger partial charge is 0.367 e. The quantitative estimate of drug-likeness (QED) is 0.730. The van der Waals surface area contributed by atoms with Crippen molar-refractivity contribution in [3.63, 3.8) is 0 Å². The molecule has 0 aliphatic heterocycles. The first-order chi connectivity index (χ1) is 5.89. The summed E-state index contributed by atoms with van der Waals surface area (Å²) < 4.78 is 0. The minimum absolute atomic E-state index is 0.293. The van der Waals surface area contributed by atoms with E-state index in [4.69, 9.17) is 5.73 Å². The Hall–Kier alpha value is -1.06. The van der Waals surface area contributed by atoms with Crippen molar-refractivity contribution < 1.29 is 0 Å². The van der Waals surface area contributed by atoms with Crippen LogP contribution in [-0.2, 0) is 6.42 Å². The Bertz CT molecular complexity index is 271. The molecule has 1 heterocycles. The van der Waals surface area contributed by atoms with Gasteiger partial charge in [-0.15, -0.1) is 5.10 Å². The highest BCUT2D eigenvalue weighted by Gasteiger charge is 2.21. The second kappa shape index (κ2) is 3.36. The Labute approximate surface area is 78.9 Å². The molecule has 0 amide bonds. The van der Waals surface area contributed by atoms with Gasteiger partial charge in [0.1, 0.15) is 5.82 Å². The van der Waals surface area contributed by atoms with Crippen molar-refractivity contribution in [1.29, 1.82) is 0 Å². The highest BCUT2D eigenvalue weighted by Crippen LogP contribution is 2.27. The second-order valence-corrected chi connectivity index (χ2v) is 4.61. The number of nitrogens with one attached hydrogen (secondary N) is 1. The fourth-order valence-electron chi connectivity index (χ4n) is 0.998. The molecule has 0 aromatic carbocycles. The van der Waals surface area contributed by atoms with E-state index in [-0.39, 0.29) is 0 Å². The van der Waals surface area contributed by atoms with Crippen LogP contribution < -0.4 is 5.73 Å². The maximum Gasteiger partial charge on any atom is 0.239 e. The van der Waals surface area contributed by atoms with Crippen LogP contribution in [0.4, 0.5) is 5.95 Å². The predicted octanol–water partition coefficient (Wildman–Crippen LogP) is 1.61. The summed E-state index contributed by atoms with van der Waals surface area (Å²) in [5.74, 6) is 1.76. The van der Waals surface area contributed by atoms with Gasteiger partial charge in [-0.05, 0) is 11.3 Å². The van der Waals surface area contributed by atoms with Gasteiger partial charge in [0.15, 0.2) is 0 Å². The number of aromatic amines is 1. The lowest BCUT2D eigenvalue weighted by molar-refractivity contribution is 0.257. The van der Waals surface area contributed by atoms with E-state index in [2.05, 4.69) is 42.9 Å². The third-order valence-corrected chi connectivity index (χ3v) is 2.53. The monoisotopic (exact) mass is 182 g/mol. The van der Waals surface area contributed by atoms with Gasteiger partial charge in [-0.1, -0.05) is 27.7 Å². The molecule has 0 aliphatic rings. The number of aromatic nitrogens is 3. The van der Waals surface area contributed by atoms with Crippen molar-refractivity contribution in [2.24, 2.45) is 11.3 Å². The minimum Gasteiger partial charge on any atom is -0.367 e. The zero-order valence-electron chi connectivity index (χ0n) is 8.76. The van der Waals surface area contributed by atoms with Crippen molar-refractivity contribution in [3.8, 4) is 0 Å². The maximum atomic E-state index is 5.41. The first-order valence-corrected chi connectivity index (χ1v) is 4.56. The predicted molar refractivity (Wildman–Crippen MR) is 53.1 cm³/mol. The van der Waals surface area contributed by atoms with Gasteiger partial charge in [-0.2, -0.15) is 4.98 Å². The number of rotatable bonds is 2. The first kappa shape index (κ1) is 10.0.